The first-order valence-corrected chi connectivity index (χ1v) is 4.40. The molecule has 0 N–H and O–H groups in total. The molecule has 1 aromatic rings. The first-order chi connectivity index (χ1) is 8.06. The summed E-state index contributed by atoms with van der Waals surface area (Å²) in [7, 11) is 2.22. The van der Waals surface area contributed by atoms with E-state index in [0.29, 0.717) is 0 Å². The molecular weight excluding hydrogens is 234 g/mol. The minimum atomic E-state index is -2.90. The maximum Gasteiger partial charge on any atom is 0.340 e. The standard InChI is InChI=1S/C10H8F2N2O3/c1-16-8-5(3-13)6(10(15)17-2)4-14-7(8)9(11)12/h4,9H,1-2H3. The van der Waals surface area contributed by atoms with Gasteiger partial charge >= 0.3 is 5.97 Å². The van der Waals surface area contributed by atoms with Gasteiger partial charge in [-0.1, -0.05) is 0 Å². The van der Waals surface area contributed by atoms with Crippen molar-refractivity contribution in [3.05, 3.63) is 23.0 Å². The number of hydrogen-bond acceptors (Lipinski definition) is 5. The predicted octanol–water partition coefficient (Wildman–Crippen LogP) is 1.69. The molecule has 0 amide bonds. The van der Waals surface area contributed by atoms with Crippen LogP contribution in [0.3, 0.4) is 0 Å². The van der Waals surface area contributed by atoms with E-state index >= 15 is 0 Å². The van der Waals surface area contributed by atoms with Crippen molar-refractivity contribution in [3.8, 4) is 11.8 Å². The Bertz CT molecular complexity index is 483. The van der Waals surface area contributed by atoms with Crippen LogP contribution in [0.4, 0.5) is 8.78 Å². The van der Waals surface area contributed by atoms with Crippen LogP contribution in [-0.4, -0.2) is 25.2 Å². The molecule has 1 aromatic heterocycles. The van der Waals surface area contributed by atoms with Crippen LogP contribution in [0.5, 0.6) is 5.75 Å². The first-order valence-electron chi connectivity index (χ1n) is 4.40. The van der Waals surface area contributed by atoms with Crippen molar-refractivity contribution in [1.82, 2.24) is 4.98 Å². The fourth-order valence-electron chi connectivity index (χ4n) is 1.25. The van der Waals surface area contributed by atoms with Crippen molar-refractivity contribution in [1.29, 1.82) is 5.26 Å². The lowest BCUT2D eigenvalue weighted by molar-refractivity contribution is 0.0598. The van der Waals surface area contributed by atoms with E-state index in [0.717, 1.165) is 20.4 Å². The second-order valence-electron chi connectivity index (χ2n) is 2.87. The van der Waals surface area contributed by atoms with Gasteiger partial charge in [0.25, 0.3) is 6.43 Å². The van der Waals surface area contributed by atoms with Gasteiger partial charge < -0.3 is 9.47 Å². The topological polar surface area (TPSA) is 72.2 Å². The number of methoxy groups -OCH3 is 2. The van der Waals surface area contributed by atoms with Gasteiger partial charge in [0.15, 0.2) is 5.75 Å². The number of alkyl halides is 2. The Labute approximate surface area is 95.6 Å². The molecular formula is C10H8F2N2O3. The predicted molar refractivity (Wildman–Crippen MR) is 51.8 cm³/mol. The van der Waals surface area contributed by atoms with Crippen molar-refractivity contribution in [2.24, 2.45) is 0 Å². The van der Waals surface area contributed by atoms with Crippen LogP contribution in [0, 0.1) is 11.3 Å². The van der Waals surface area contributed by atoms with Crippen LogP contribution in [-0.2, 0) is 4.74 Å². The molecule has 17 heavy (non-hydrogen) atoms. The van der Waals surface area contributed by atoms with Crippen LogP contribution in [0.25, 0.3) is 0 Å². The Morgan fingerprint density at radius 2 is 2.18 bits per heavy atom. The van der Waals surface area contributed by atoms with Gasteiger partial charge in [0, 0.05) is 6.20 Å². The molecule has 0 radical (unpaired) electrons. The van der Waals surface area contributed by atoms with Crippen LogP contribution < -0.4 is 4.74 Å². The Morgan fingerprint density at radius 3 is 2.59 bits per heavy atom. The van der Waals surface area contributed by atoms with E-state index in [1.165, 1.54) is 0 Å². The van der Waals surface area contributed by atoms with Crippen molar-refractivity contribution >= 4 is 5.97 Å². The summed E-state index contributed by atoms with van der Waals surface area (Å²) < 4.78 is 34.3. The summed E-state index contributed by atoms with van der Waals surface area (Å²) in [6.45, 7) is 0. The molecule has 1 heterocycles. The Morgan fingerprint density at radius 1 is 1.53 bits per heavy atom. The Hall–Kier alpha value is -2.23. The van der Waals surface area contributed by atoms with E-state index in [4.69, 9.17) is 10.00 Å². The fraction of sp³-hybridized carbons (Fsp3) is 0.300. The summed E-state index contributed by atoms with van der Waals surface area (Å²) in [6.07, 6.45) is -2.03. The third-order valence-electron chi connectivity index (χ3n) is 1.99. The molecule has 7 heteroatoms. The van der Waals surface area contributed by atoms with E-state index < -0.39 is 23.8 Å². The summed E-state index contributed by atoms with van der Waals surface area (Å²) in [5.41, 5.74) is -1.21. The average Bonchev–Trinajstić information content (AvgIpc) is 2.35. The average molecular weight is 242 g/mol. The molecule has 90 valence electrons. The number of esters is 1. The summed E-state index contributed by atoms with van der Waals surface area (Å²) in [5.74, 6) is -1.25. The molecule has 0 atom stereocenters. The normalized spacial score (nSPS) is 9.88. The molecule has 0 unspecified atom stereocenters. The number of hydrogen-bond donors (Lipinski definition) is 0. The van der Waals surface area contributed by atoms with E-state index in [9.17, 15) is 13.6 Å². The number of halogens is 2. The number of aromatic nitrogens is 1. The highest BCUT2D eigenvalue weighted by molar-refractivity contribution is 5.92. The molecule has 0 aromatic carbocycles. The highest BCUT2D eigenvalue weighted by atomic mass is 19.3. The van der Waals surface area contributed by atoms with Gasteiger partial charge in [-0.05, 0) is 0 Å². The second-order valence-corrected chi connectivity index (χ2v) is 2.87. The summed E-state index contributed by atoms with van der Waals surface area (Å²) >= 11 is 0. The van der Waals surface area contributed by atoms with Crippen LogP contribution in [0.2, 0.25) is 0 Å². The highest BCUT2D eigenvalue weighted by Crippen LogP contribution is 2.31. The lowest BCUT2D eigenvalue weighted by Crippen LogP contribution is -2.09. The number of rotatable bonds is 3. The van der Waals surface area contributed by atoms with Crippen molar-refractivity contribution < 1.29 is 23.0 Å². The minimum Gasteiger partial charge on any atom is -0.493 e. The summed E-state index contributed by atoms with van der Waals surface area (Å²) in [4.78, 5) is 14.7. The van der Waals surface area contributed by atoms with Crippen LogP contribution in [0.15, 0.2) is 6.20 Å². The van der Waals surface area contributed by atoms with E-state index in [-0.39, 0.29) is 11.1 Å². The monoisotopic (exact) mass is 242 g/mol. The van der Waals surface area contributed by atoms with Crippen LogP contribution >= 0.6 is 0 Å². The van der Waals surface area contributed by atoms with E-state index in [1.807, 2.05) is 0 Å². The Kier molecular flexibility index (Phi) is 3.93. The molecule has 0 saturated carbocycles. The SMILES string of the molecule is COC(=O)c1cnc(C(F)F)c(OC)c1C#N. The first kappa shape index (κ1) is 12.8. The maximum absolute atomic E-state index is 12.6. The number of carbonyl (C=O) groups is 1. The second kappa shape index (κ2) is 5.21. The summed E-state index contributed by atoms with van der Waals surface area (Å²) in [5, 5.41) is 8.87. The largest absolute Gasteiger partial charge is 0.493 e. The lowest BCUT2D eigenvalue weighted by Gasteiger charge is -2.10. The van der Waals surface area contributed by atoms with E-state index in [2.05, 4.69) is 9.72 Å². The zero-order valence-electron chi connectivity index (χ0n) is 9.03. The van der Waals surface area contributed by atoms with Gasteiger partial charge in [0.1, 0.15) is 17.3 Å². The minimum absolute atomic E-state index is 0.212. The van der Waals surface area contributed by atoms with Gasteiger partial charge in [-0.3, -0.25) is 4.98 Å². The van der Waals surface area contributed by atoms with Gasteiger partial charge in [0.2, 0.25) is 0 Å². The molecule has 0 spiro atoms. The van der Waals surface area contributed by atoms with Gasteiger partial charge in [0.05, 0.1) is 19.8 Å². The van der Waals surface area contributed by atoms with Crippen LogP contribution in [0.1, 0.15) is 28.0 Å². The third kappa shape index (κ3) is 2.30. The quantitative estimate of drug-likeness (QED) is 0.754. The van der Waals surface area contributed by atoms with Crippen molar-refractivity contribution in [2.75, 3.05) is 14.2 Å². The fourth-order valence-corrected chi connectivity index (χ4v) is 1.25. The molecule has 0 aliphatic heterocycles. The number of nitrogens with zero attached hydrogens (tertiary/aromatic N) is 2. The number of pyridine rings is 1. The molecule has 0 aliphatic rings. The number of carbonyl (C=O) groups excluding carboxylic acids is 1. The zero-order chi connectivity index (χ0) is 13.0. The molecule has 5 nitrogen and oxygen atoms in total. The molecule has 0 fully saturated rings. The molecule has 0 aliphatic carbocycles. The molecule has 0 saturated heterocycles. The zero-order valence-corrected chi connectivity index (χ0v) is 9.03. The highest BCUT2D eigenvalue weighted by Gasteiger charge is 2.24. The lowest BCUT2D eigenvalue weighted by atomic mass is 10.1. The van der Waals surface area contributed by atoms with Gasteiger partial charge in [-0.2, -0.15) is 5.26 Å². The van der Waals surface area contributed by atoms with Gasteiger partial charge in [-0.15, -0.1) is 0 Å². The Balaban J connectivity index is 3.50. The smallest absolute Gasteiger partial charge is 0.340 e. The van der Waals surface area contributed by atoms with Crippen molar-refractivity contribution in [3.63, 3.8) is 0 Å². The third-order valence-corrected chi connectivity index (χ3v) is 1.99. The summed E-state index contributed by atoms with van der Waals surface area (Å²) in [6, 6.07) is 1.63. The number of nitriles is 1. The maximum atomic E-state index is 12.6. The van der Waals surface area contributed by atoms with Crippen molar-refractivity contribution in [2.45, 2.75) is 6.43 Å². The van der Waals surface area contributed by atoms with E-state index in [1.54, 1.807) is 6.07 Å². The number of ether oxygens (including phenoxy) is 2. The van der Waals surface area contributed by atoms with Gasteiger partial charge in [-0.25, -0.2) is 13.6 Å². The molecule has 0 bridgehead atoms. The molecule has 1 rings (SSSR count).